The number of ether oxygens (including phenoxy) is 2. The molecule has 140 valence electrons. The fourth-order valence-corrected chi connectivity index (χ4v) is 3.29. The van der Waals surface area contributed by atoms with Crippen molar-refractivity contribution in [2.45, 2.75) is 13.0 Å². The molecular weight excluding hydrogens is 368 g/mol. The topological polar surface area (TPSA) is 89.7 Å². The van der Waals surface area contributed by atoms with Crippen LogP contribution < -0.4 is 20.5 Å². The average Bonchev–Trinajstić information content (AvgIpc) is 3.11. The maximum atomic E-state index is 12.6. The average molecular weight is 387 g/mol. The number of pyridine rings is 1. The van der Waals surface area contributed by atoms with E-state index in [4.69, 9.17) is 26.8 Å². The molecule has 0 bridgehead atoms. The van der Waals surface area contributed by atoms with Crippen molar-refractivity contribution in [2.24, 2.45) is 5.73 Å². The van der Waals surface area contributed by atoms with Crippen molar-refractivity contribution in [3.8, 4) is 11.5 Å². The SMILES string of the molecule is NC1=C(C(=O)Nc2ccc3c(c2)OCO3)CCN(Cc2ccc(Cl)nc2)C1. The molecule has 1 aromatic carbocycles. The summed E-state index contributed by atoms with van der Waals surface area (Å²) in [5.41, 5.74) is 9.10. The third-order valence-corrected chi connectivity index (χ3v) is 4.78. The van der Waals surface area contributed by atoms with Gasteiger partial charge >= 0.3 is 0 Å². The van der Waals surface area contributed by atoms with Gasteiger partial charge < -0.3 is 20.5 Å². The van der Waals surface area contributed by atoms with E-state index in [1.165, 1.54) is 0 Å². The van der Waals surface area contributed by atoms with Crippen LogP contribution in [0.15, 0.2) is 47.8 Å². The highest BCUT2D eigenvalue weighted by Gasteiger charge is 2.23. The first-order valence-electron chi connectivity index (χ1n) is 8.60. The van der Waals surface area contributed by atoms with Gasteiger partial charge in [-0.05, 0) is 30.2 Å². The normalized spacial score (nSPS) is 16.5. The molecular formula is C19H19ClN4O3. The van der Waals surface area contributed by atoms with Crippen molar-refractivity contribution in [3.05, 3.63) is 58.5 Å². The lowest BCUT2D eigenvalue weighted by atomic mass is 10.0. The summed E-state index contributed by atoms with van der Waals surface area (Å²) in [4.78, 5) is 18.9. The lowest BCUT2D eigenvalue weighted by Gasteiger charge is -2.28. The number of fused-ring (bicyclic) bond motifs is 1. The molecule has 0 saturated heterocycles. The molecule has 0 fully saturated rings. The number of nitrogens with two attached hydrogens (primary N) is 1. The number of amides is 1. The van der Waals surface area contributed by atoms with Crippen LogP contribution >= 0.6 is 11.6 Å². The van der Waals surface area contributed by atoms with E-state index in [1.54, 1.807) is 30.5 Å². The van der Waals surface area contributed by atoms with Crippen LogP contribution in [0.1, 0.15) is 12.0 Å². The Morgan fingerprint density at radius 1 is 1.26 bits per heavy atom. The van der Waals surface area contributed by atoms with Crippen molar-refractivity contribution in [2.75, 3.05) is 25.2 Å². The zero-order valence-electron chi connectivity index (χ0n) is 14.6. The van der Waals surface area contributed by atoms with Gasteiger partial charge in [0.25, 0.3) is 5.91 Å². The molecule has 1 aromatic heterocycles. The van der Waals surface area contributed by atoms with Crippen LogP contribution in [0.2, 0.25) is 5.15 Å². The van der Waals surface area contributed by atoms with Gasteiger partial charge in [0.05, 0.1) is 0 Å². The van der Waals surface area contributed by atoms with Crippen LogP contribution in [-0.4, -0.2) is 35.7 Å². The van der Waals surface area contributed by atoms with Crippen molar-refractivity contribution >= 4 is 23.2 Å². The van der Waals surface area contributed by atoms with E-state index in [2.05, 4.69) is 15.2 Å². The number of rotatable bonds is 4. The van der Waals surface area contributed by atoms with Gasteiger partial charge in [-0.3, -0.25) is 9.69 Å². The summed E-state index contributed by atoms with van der Waals surface area (Å²) in [6.07, 6.45) is 2.34. The highest BCUT2D eigenvalue weighted by Crippen LogP contribution is 2.34. The Kier molecular flexibility index (Phi) is 4.87. The van der Waals surface area contributed by atoms with Gasteiger partial charge in [-0.15, -0.1) is 0 Å². The molecule has 0 saturated carbocycles. The summed E-state index contributed by atoms with van der Waals surface area (Å²) in [5, 5.41) is 3.36. The first kappa shape index (κ1) is 17.6. The number of halogens is 1. The summed E-state index contributed by atoms with van der Waals surface area (Å²) in [5.74, 6) is 1.12. The monoisotopic (exact) mass is 386 g/mol. The number of nitrogens with one attached hydrogen (secondary N) is 1. The molecule has 3 heterocycles. The molecule has 2 aromatic rings. The highest BCUT2D eigenvalue weighted by molar-refractivity contribution is 6.29. The maximum Gasteiger partial charge on any atom is 0.253 e. The smallest absolute Gasteiger partial charge is 0.253 e. The number of nitrogens with zero attached hydrogens (tertiary/aromatic N) is 2. The standard InChI is InChI=1S/C19H19ClN4O3/c20-18-4-1-12(8-22-18)9-24-6-5-14(15(21)10-24)19(25)23-13-2-3-16-17(7-13)27-11-26-16/h1-4,7-8H,5-6,9-11,21H2,(H,23,25). The fraction of sp³-hybridized carbons (Fsp3) is 0.263. The molecule has 3 N–H and O–H groups in total. The Labute approximate surface area is 161 Å². The molecule has 0 radical (unpaired) electrons. The van der Waals surface area contributed by atoms with Gasteiger partial charge in [0.1, 0.15) is 5.15 Å². The van der Waals surface area contributed by atoms with E-state index in [0.717, 1.165) is 12.1 Å². The van der Waals surface area contributed by atoms with Gasteiger partial charge in [-0.1, -0.05) is 17.7 Å². The number of benzene rings is 1. The van der Waals surface area contributed by atoms with Crippen LogP contribution in [0, 0.1) is 0 Å². The third kappa shape index (κ3) is 3.99. The number of hydrogen-bond donors (Lipinski definition) is 2. The van der Waals surface area contributed by atoms with Crippen LogP contribution in [0.4, 0.5) is 5.69 Å². The minimum atomic E-state index is -0.181. The molecule has 0 atom stereocenters. The van der Waals surface area contributed by atoms with Crippen LogP contribution in [0.5, 0.6) is 11.5 Å². The van der Waals surface area contributed by atoms with Gasteiger partial charge in [0, 0.05) is 48.9 Å². The Morgan fingerprint density at radius 3 is 2.89 bits per heavy atom. The molecule has 7 nitrogen and oxygen atoms in total. The van der Waals surface area contributed by atoms with Gasteiger partial charge in [-0.2, -0.15) is 0 Å². The molecule has 2 aliphatic rings. The van der Waals surface area contributed by atoms with E-state index in [9.17, 15) is 4.79 Å². The molecule has 0 aliphatic carbocycles. The van der Waals surface area contributed by atoms with E-state index in [0.29, 0.717) is 53.1 Å². The van der Waals surface area contributed by atoms with E-state index in [1.807, 2.05) is 6.07 Å². The summed E-state index contributed by atoms with van der Waals surface area (Å²) >= 11 is 5.82. The van der Waals surface area contributed by atoms with Crippen molar-refractivity contribution in [1.29, 1.82) is 0 Å². The largest absolute Gasteiger partial charge is 0.454 e. The molecule has 0 unspecified atom stereocenters. The second kappa shape index (κ2) is 7.46. The number of carbonyl (C=O) groups is 1. The van der Waals surface area contributed by atoms with Crippen LogP contribution in [-0.2, 0) is 11.3 Å². The van der Waals surface area contributed by atoms with E-state index >= 15 is 0 Å². The summed E-state index contributed by atoms with van der Waals surface area (Å²) < 4.78 is 10.6. The third-order valence-electron chi connectivity index (χ3n) is 4.56. The highest BCUT2D eigenvalue weighted by atomic mass is 35.5. The second-order valence-corrected chi connectivity index (χ2v) is 6.86. The first-order chi connectivity index (χ1) is 13.1. The summed E-state index contributed by atoms with van der Waals surface area (Å²) in [6, 6.07) is 9.02. The number of aromatic nitrogens is 1. The lowest BCUT2D eigenvalue weighted by Crippen LogP contribution is -2.36. The van der Waals surface area contributed by atoms with Crippen molar-refractivity contribution in [1.82, 2.24) is 9.88 Å². The van der Waals surface area contributed by atoms with Crippen molar-refractivity contribution in [3.63, 3.8) is 0 Å². The lowest BCUT2D eigenvalue weighted by molar-refractivity contribution is -0.113. The van der Waals surface area contributed by atoms with E-state index < -0.39 is 0 Å². The Hall–Kier alpha value is -2.77. The Morgan fingerprint density at radius 2 is 2.11 bits per heavy atom. The minimum absolute atomic E-state index is 0.181. The number of anilines is 1. The van der Waals surface area contributed by atoms with Crippen LogP contribution in [0.25, 0.3) is 0 Å². The predicted octanol–water partition coefficient (Wildman–Crippen LogP) is 2.52. The van der Waals surface area contributed by atoms with Gasteiger partial charge in [0.15, 0.2) is 11.5 Å². The molecule has 1 amide bonds. The first-order valence-corrected chi connectivity index (χ1v) is 8.97. The Balaban J connectivity index is 1.40. The van der Waals surface area contributed by atoms with Gasteiger partial charge in [-0.25, -0.2) is 4.98 Å². The quantitative estimate of drug-likeness (QED) is 0.785. The fourth-order valence-electron chi connectivity index (χ4n) is 3.18. The summed E-state index contributed by atoms with van der Waals surface area (Å²) in [6.45, 7) is 2.19. The molecule has 27 heavy (non-hydrogen) atoms. The van der Waals surface area contributed by atoms with Gasteiger partial charge in [0.2, 0.25) is 6.79 Å². The molecule has 8 heteroatoms. The molecule has 2 aliphatic heterocycles. The van der Waals surface area contributed by atoms with Crippen LogP contribution in [0.3, 0.4) is 0 Å². The number of carbonyl (C=O) groups excluding carboxylic acids is 1. The summed E-state index contributed by atoms with van der Waals surface area (Å²) in [7, 11) is 0. The minimum Gasteiger partial charge on any atom is -0.454 e. The molecule has 0 spiro atoms. The molecule has 4 rings (SSSR count). The van der Waals surface area contributed by atoms with E-state index in [-0.39, 0.29) is 12.7 Å². The zero-order chi connectivity index (χ0) is 18.8. The van der Waals surface area contributed by atoms with Crippen molar-refractivity contribution < 1.29 is 14.3 Å². The number of hydrogen-bond acceptors (Lipinski definition) is 6. The zero-order valence-corrected chi connectivity index (χ0v) is 15.3. The maximum absolute atomic E-state index is 12.6. The predicted molar refractivity (Wildman–Crippen MR) is 102 cm³/mol. The second-order valence-electron chi connectivity index (χ2n) is 6.48. The Bertz CT molecular complexity index is 898.